The number of thiophene rings is 1. The van der Waals surface area contributed by atoms with Crippen molar-refractivity contribution < 1.29 is 32.2 Å². The number of amides is 2. The first-order valence-corrected chi connectivity index (χ1v) is 11.9. The zero-order valence-electron chi connectivity index (χ0n) is 18.6. The number of halogens is 3. The topological polar surface area (TPSA) is 96.5 Å². The van der Waals surface area contributed by atoms with Crippen LogP contribution < -0.4 is 15.0 Å². The number of nitrogens with one attached hydrogen (secondary N) is 2. The second kappa shape index (κ2) is 8.91. The number of carbonyl (C=O) groups excluding carboxylic acids is 2. The molecule has 0 saturated carbocycles. The number of anilines is 1. The zero-order chi connectivity index (χ0) is 24.7. The summed E-state index contributed by atoms with van der Waals surface area (Å²) in [5.41, 5.74) is 4.88. The van der Waals surface area contributed by atoms with Gasteiger partial charge >= 0.3 is 12.5 Å². The van der Waals surface area contributed by atoms with Crippen LogP contribution in [0.1, 0.15) is 24.5 Å². The molecule has 2 amide bonds. The molecule has 1 aliphatic heterocycles. The molecule has 12 heteroatoms. The van der Waals surface area contributed by atoms with E-state index in [4.69, 9.17) is 4.74 Å². The first kappa shape index (κ1) is 23.2. The highest BCUT2D eigenvalue weighted by Crippen LogP contribution is 2.42. The highest BCUT2D eigenvalue weighted by Gasteiger charge is 2.35. The Bertz CT molecular complexity index is 1290. The van der Waals surface area contributed by atoms with Crippen LogP contribution in [0, 0.1) is 0 Å². The second-order valence-electron chi connectivity index (χ2n) is 8.37. The molecule has 1 saturated heterocycles. The number of ether oxygens (including phenoxy) is 2. The summed E-state index contributed by atoms with van der Waals surface area (Å²) in [4.78, 5) is 25.1. The molecule has 3 aromatic rings. The molecule has 2 aromatic heterocycles. The lowest BCUT2D eigenvalue weighted by Crippen LogP contribution is -2.33. The maximum absolute atomic E-state index is 12.8. The van der Waals surface area contributed by atoms with Gasteiger partial charge in [-0.2, -0.15) is 5.10 Å². The number of nitrogens with zero attached hydrogens (tertiary/aromatic N) is 2. The number of rotatable bonds is 5. The Hall–Kier alpha value is -3.54. The summed E-state index contributed by atoms with van der Waals surface area (Å²) < 4.78 is 48.1. The van der Waals surface area contributed by atoms with Gasteiger partial charge in [0, 0.05) is 34.5 Å². The van der Waals surface area contributed by atoms with Gasteiger partial charge in [-0.05, 0) is 37.0 Å². The lowest BCUT2D eigenvalue weighted by atomic mass is 10.00. The van der Waals surface area contributed by atoms with E-state index >= 15 is 0 Å². The lowest BCUT2D eigenvalue weighted by molar-refractivity contribution is -0.274. The Labute approximate surface area is 202 Å². The van der Waals surface area contributed by atoms with Gasteiger partial charge in [-0.3, -0.25) is 14.8 Å². The summed E-state index contributed by atoms with van der Waals surface area (Å²) in [5.74, 6) is -0.461. The van der Waals surface area contributed by atoms with Crippen LogP contribution in [-0.4, -0.2) is 47.8 Å². The van der Waals surface area contributed by atoms with E-state index in [2.05, 4.69) is 20.3 Å². The fourth-order valence-electron chi connectivity index (χ4n) is 4.47. The van der Waals surface area contributed by atoms with Gasteiger partial charge in [-0.25, -0.2) is 4.79 Å². The van der Waals surface area contributed by atoms with Crippen LogP contribution >= 0.6 is 11.3 Å². The third kappa shape index (κ3) is 4.70. The number of H-pyrrole nitrogens is 1. The number of hydrogen-bond donors (Lipinski definition) is 2. The maximum Gasteiger partial charge on any atom is 0.573 e. The maximum atomic E-state index is 12.8. The molecule has 184 valence electrons. The molecule has 1 unspecified atom stereocenters. The van der Waals surface area contributed by atoms with Crippen molar-refractivity contribution in [3.05, 3.63) is 40.1 Å². The van der Waals surface area contributed by atoms with Crippen LogP contribution in [-0.2, 0) is 22.4 Å². The minimum atomic E-state index is -4.79. The van der Waals surface area contributed by atoms with Crippen molar-refractivity contribution in [3.63, 3.8) is 0 Å². The van der Waals surface area contributed by atoms with Crippen LogP contribution in [0.25, 0.3) is 22.5 Å². The van der Waals surface area contributed by atoms with E-state index in [9.17, 15) is 22.8 Å². The van der Waals surface area contributed by atoms with E-state index < -0.39 is 18.6 Å². The molecule has 8 nitrogen and oxygen atoms in total. The third-order valence-corrected chi connectivity index (χ3v) is 6.69. The van der Waals surface area contributed by atoms with E-state index in [0.717, 1.165) is 46.6 Å². The lowest BCUT2D eigenvalue weighted by Gasteiger charge is -2.16. The quantitative estimate of drug-likeness (QED) is 0.525. The number of hydrogen-bond acceptors (Lipinski definition) is 6. The molecule has 35 heavy (non-hydrogen) atoms. The van der Waals surface area contributed by atoms with Gasteiger partial charge < -0.3 is 14.8 Å². The molecular formula is C23H21F3N4O4S. The average Bonchev–Trinajstić information content (AvgIpc) is 3.47. The number of benzene rings is 1. The highest BCUT2D eigenvalue weighted by atomic mass is 32.1. The van der Waals surface area contributed by atoms with E-state index in [0.29, 0.717) is 29.9 Å². The van der Waals surface area contributed by atoms with Gasteiger partial charge in [0.25, 0.3) is 0 Å². The number of aromatic nitrogens is 2. The fraction of sp³-hybridized carbons (Fsp3) is 0.348. The van der Waals surface area contributed by atoms with Crippen molar-refractivity contribution in [2.75, 3.05) is 18.0 Å². The Balaban J connectivity index is 1.43. The van der Waals surface area contributed by atoms with E-state index in [-0.39, 0.29) is 18.2 Å². The summed E-state index contributed by atoms with van der Waals surface area (Å²) in [7, 11) is 0. The van der Waals surface area contributed by atoms with Crippen LogP contribution in [0.3, 0.4) is 0 Å². The van der Waals surface area contributed by atoms with Gasteiger partial charge in [0.15, 0.2) is 0 Å². The Morgan fingerprint density at radius 1 is 1.31 bits per heavy atom. The standard InChI is InChI=1S/C23H21F3N4O4S/c1-12(31)27-8-15-9-30(22(32)33-15)14-5-6-16-13(7-14)3-2-4-17-20(16)28-29-21(17)18-10-35-11-19(18)34-23(24,25)26/h5-7,10-11,15H,2-4,8-9H2,1H3,(H,27,31)(H,28,29). The Kier molecular flexibility index (Phi) is 5.91. The van der Waals surface area contributed by atoms with Crippen LogP contribution in [0.15, 0.2) is 29.0 Å². The monoisotopic (exact) mass is 506 g/mol. The average molecular weight is 507 g/mol. The number of fused-ring (bicyclic) bond motifs is 3. The highest BCUT2D eigenvalue weighted by molar-refractivity contribution is 7.08. The molecule has 1 aliphatic carbocycles. The van der Waals surface area contributed by atoms with Crippen molar-refractivity contribution in [1.29, 1.82) is 0 Å². The smallest absolute Gasteiger partial charge is 0.442 e. The normalized spacial score (nSPS) is 17.4. The number of cyclic esters (lactones) is 1. The van der Waals surface area contributed by atoms with Crippen LogP contribution in [0.5, 0.6) is 5.75 Å². The number of carbonyl (C=O) groups is 2. The molecule has 2 aliphatic rings. The molecule has 0 spiro atoms. The summed E-state index contributed by atoms with van der Waals surface area (Å²) in [6, 6.07) is 5.61. The summed E-state index contributed by atoms with van der Waals surface area (Å²) in [6.45, 7) is 1.96. The van der Waals surface area contributed by atoms with E-state index in [1.165, 1.54) is 17.2 Å². The summed E-state index contributed by atoms with van der Waals surface area (Å²) in [5, 5.41) is 12.9. The molecular weight excluding hydrogens is 485 g/mol. The van der Waals surface area contributed by atoms with Crippen molar-refractivity contribution in [2.24, 2.45) is 0 Å². The van der Waals surface area contributed by atoms with Crippen LogP contribution in [0.4, 0.5) is 23.7 Å². The first-order chi connectivity index (χ1) is 16.7. The largest absolute Gasteiger partial charge is 0.573 e. The second-order valence-corrected chi connectivity index (χ2v) is 9.12. The Morgan fingerprint density at radius 2 is 2.14 bits per heavy atom. The SMILES string of the molecule is CC(=O)NCC1CN(c2ccc3c(c2)CCCc2c(-c4cscc4OC(F)(F)F)n[nH]c2-3)C(=O)O1. The number of aromatic amines is 1. The van der Waals surface area contributed by atoms with Crippen molar-refractivity contribution in [2.45, 2.75) is 38.7 Å². The van der Waals surface area contributed by atoms with E-state index in [1.54, 1.807) is 11.4 Å². The van der Waals surface area contributed by atoms with Crippen molar-refractivity contribution in [3.8, 4) is 28.3 Å². The molecule has 2 N–H and O–H groups in total. The van der Waals surface area contributed by atoms with Gasteiger partial charge in [-0.1, -0.05) is 6.07 Å². The van der Waals surface area contributed by atoms with Gasteiger partial charge in [-0.15, -0.1) is 24.5 Å². The molecule has 1 fully saturated rings. The van der Waals surface area contributed by atoms with Crippen molar-refractivity contribution >= 4 is 29.0 Å². The minimum Gasteiger partial charge on any atom is -0.442 e. The van der Waals surface area contributed by atoms with Crippen molar-refractivity contribution in [1.82, 2.24) is 15.5 Å². The minimum absolute atomic E-state index is 0.196. The molecule has 3 heterocycles. The summed E-state index contributed by atoms with van der Waals surface area (Å²) >= 11 is 1.12. The predicted molar refractivity (Wildman–Crippen MR) is 122 cm³/mol. The fourth-order valence-corrected chi connectivity index (χ4v) is 5.20. The zero-order valence-corrected chi connectivity index (χ0v) is 19.4. The first-order valence-electron chi connectivity index (χ1n) is 10.9. The number of alkyl halides is 3. The van der Waals surface area contributed by atoms with Gasteiger partial charge in [0.1, 0.15) is 17.5 Å². The molecule has 1 aromatic carbocycles. The molecule has 1 atom stereocenters. The Morgan fingerprint density at radius 3 is 2.91 bits per heavy atom. The molecule has 5 rings (SSSR count). The molecule has 0 bridgehead atoms. The predicted octanol–water partition coefficient (Wildman–Crippen LogP) is 4.65. The van der Waals surface area contributed by atoms with Crippen LogP contribution in [0.2, 0.25) is 0 Å². The third-order valence-electron chi connectivity index (χ3n) is 5.97. The summed E-state index contributed by atoms with van der Waals surface area (Å²) in [6.07, 6.45) is -3.61. The number of aryl methyl sites for hydroxylation is 1. The molecule has 0 radical (unpaired) electrons. The van der Waals surface area contributed by atoms with E-state index in [1.807, 2.05) is 12.1 Å². The van der Waals surface area contributed by atoms with Gasteiger partial charge in [0.2, 0.25) is 5.91 Å². The van der Waals surface area contributed by atoms with Gasteiger partial charge in [0.05, 0.1) is 24.3 Å².